The van der Waals surface area contributed by atoms with Crippen LogP contribution in [-0.4, -0.2) is 17.8 Å². The van der Waals surface area contributed by atoms with Crippen molar-refractivity contribution in [1.82, 2.24) is 0 Å². The fraction of sp³-hybridized carbons (Fsp3) is 0.364. The third-order valence-corrected chi connectivity index (χ3v) is 3.51. The zero-order chi connectivity index (χ0) is 11.5. The minimum absolute atomic E-state index is 0.215. The molecule has 0 radical (unpaired) electrons. The van der Waals surface area contributed by atoms with Gasteiger partial charge in [-0.1, -0.05) is 22.0 Å². The largest absolute Gasteiger partial charge is 0.468 e. The molecule has 1 aromatic rings. The Hall–Kier alpha value is -0.480. The lowest BCUT2D eigenvalue weighted by atomic mass is 10.2. The molecule has 0 spiro atoms. The van der Waals surface area contributed by atoms with Gasteiger partial charge in [0.1, 0.15) is 4.75 Å². The van der Waals surface area contributed by atoms with Gasteiger partial charge in [0.2, 0.25) is 0 Å². The smallest absolute Gasteiger partial charge is 0.321 e. The molecule has 0 atom stereocenters. The molecule has 2 nitrogen and oxygen atoms in total. The first-order chi connectivity index (χ1) is 6.95. The number of hydrogen-bond donors (Lipinski definition) is 0. The van der Waals surface area contributed by atoms with Crippen LogP contribution >= 0.6 is 27.7 Å². The molecule has 0 fully saturated rings. The van der Waals surface area contributed by atoms with E-state index in [2.05, 4.69) is 15.9 Å². The molecule has 0 unspecified atom stereocenters. The van der Waals surface area contributed by atoms with Crippen molar-refractivity contribution in [2.75, 3.05) is 7.11 Å². The van der Waals surface area contributed by atoms with Gasteiger partial charge in [0.15, 0.2) is 0 Å². The van der Waals surface area contributed by atoms with E-state index in [1.54, 1.807) is 0 Å². The van der Waals surface area contributed by atoms with Crippen molar-refractivity contribution in [3.63, 3.8) is 0 Å². The number of rotatable bonds is 3. The lowest BCUT2D eigenvalue weighted by molar-refractivity contribution is -0.142. The summed E-state index contributed by atoms with van der Waals surface area (Å²) in [6.45, 7) is 3.70. The van der Waals surface area contributed by atoms with E-state index in [1.165, 1.54) is 18.9 Å². The summed E-state index contributed by atoms with van der Waals surface area (Å²) in [5.74, 6) is -0.215. The number of halogens is 1. The van der Waals surface area contributed by atoms with Crippen molar-refractivity contribution in [3.8, 4) is 0 Å². The summed E-state index contributed by atoms with van der Waals surface area (Å²) in [6.07, 6.45) is 0. The number of carbonyl (C=O) groups is 1. The highest BCUT2D eigenvalue weighted by Crippen LogP contribution is 2.34. The monoisotopic (exact) mass is 288 g/mol. The average molecular weight is 289 g/mol. The molecule has 0 heterocycles. The molecule has 0 aliphatic rings. The van der Waals surface area contributed by atoms with Crippen molar-refractivity contribution in [2.24, 2.45) is 0 Å². The lowest BCUT2D eigenvalue weighted by Crippen LogP contribution is -2.28. The Morgan fingerprint density at radius 2 is 2.13 bits per heavy atom. The van der Waals surface area contributed by atoms with Crippen LogP contribution in [0.25, 0.3) is 0 Å². The zero-order valence-corrected chi connectivity index (χ0v) is 11.3. The molecule has 0 amide bonds. The molecule has 0 N–H and O–H groups in total. The average Bonchev–Trinajstić information content (AvgIpc) is 2.15. The number of thioether (sulfide) groups is 1. The van der Waals surface area contributed by atoms with Gasteiger partial charge >= 0.3 is 5.97 Å². The quantitative estimate of drug-likeness (QED) is 0.629. The van der Waals surface area contributed by atoms with Crippen LogP contribution in [0.3, 0.4) is 0 Å². The van der Waals surface area contributed by atoms with Crippen LogP contribution in [0.1, 0.15) is 13.8 Å². The Bertz CT molecular complexity index is 363. The van der Waals surface area contributed by atoms with Gasteiger partial charge in [0.25, 0.3) is 0 Å². The minimum Gasteiger partial charge on any atom is -0.468 e. The normalized spacial score (nSPS) is 11.2. The van der Waals surface area contributed by atoms with Crippen molar-refractivity contribution >= 4 is 33.7 Å². The van der Waals surface area contributed by atoms with Crippen molar-refractivity contribution in [1.29, 1.82) is 0 Å². The van der Waals surface area contributed by atoms with Crippen molar-refractivity contribution < 1.29 is 9.53 Å². The second kappa shape index (κ2) is 5.03. The summed E-state index contributed by atoms with van der Waals surface area (Å²) >= 11 is 4.88. The van der Waals surface area contributed by atoms with Crippen LogP contribution in [-0.2, 0) is 9.53 Å². The first-order valence-corrected chi connectivity index (χ1v) is 6.09. The number of hydrogen-bond acceptors (Lipinski definition) is 3. The molecule has 1 rings (SSSR count). The van der Waals surface area contributed by atoms with E-state index in [9.17, 15) is 4.79 Å². The maximum atomic E-state index is 11.5. The molecule has 82 valence electrons. The van der Waals surface area contributed by atoms with Gasteiger partial charge in [-0.25, -0.2) is 0 Å². The molecular formula is C11H13BrO2S. The van der Waals surface area contributed by atoms with Gasteiger partial charge in [0.05, 0.1) is 7.11 Å². The molecule has 0 aromatic heterocycles. The van der Waals surface area contributed by atoms with Crippen molar-refractivity contribution in [3.05, 3.63) is 28.7 Å². The van der Waals surface area contributed by atoms with Crippen LogP contribution in [0.2, 0.25) is 0 Å². The van der Waals surface area contributed by atoms with Gasteiger partial charge in [-0.2, -0.15) is 0 Å². The fourth-order valence-corrected chi connectivity index (χ4v) is 2.75. The topological polar surface area (TPSA) is 26.3 Å². The van der Waals surface area contributed by atoms with E-state index in [0.717, 1.165) is 9.37 Å². The Kier molecular flexibility index (Phi) is 4.22. The summed E-state index contributed by atoms with van der Waals surface area (Å²) in [5.41, 5.74) is 0. The second-order valence-electron chi connectivity index (χ2n) is 3.56. The van der Waals surface area contributed by atoms with Crippen LogP contribution < -0.4 is 0 Å². The van der Waals surface area contributed by atoms with E-state index in [-0.39, 0.29) is 5.97 Å². The third-order valence-electron chi connectivity index (χ3n) is 1.85. The molecule has 0 bridgehead atoms. The fourth-order valence-electron chi connectivity index (χ4n) is 1.11. The highest BCUT2D eigenvalue weighted by atomic mass is 79.9. The van der Waals surface area contributed by atoms with Crippen LogP contribution in [0.4, 0.5) is 0 Å². The maximum absolute atomic E-state index is 11.5. The molecule has 0 aliphatic carbocycles. The van der Waals surface area contributed by atoms with E-state index in [4.69, 9.17) is 4.74 Å². The second-order valence-corrected chi connectivity index (χ2v) is 6.17. The first kappa shape index (κ1) is 12.6. The predicted molar refractivity (Wildman–Crippen MR) is 66.1 cm³/mol. The molecule has 4 heteroatoms. The van der Waals surface area contributed by atoms with E-state index < -0.39 is 4.75 Å². The number of methoxy groups -OCH3 is 1. The number of carbonyl (C=O) groups excluding carboxylic acids is 1. The Balaban J connectivity index is 2.81. The van der Waals surface area contributed by atoms with Gasteiger partial charge in [-0.15, -0.1) is 11.8 Å². The van der Waals surface area contributed by atoms with Gasteiger partial charge in [-0.3, -0.25) is 4.79 Å². The van der Waals surface area contributed by atoms with E-state index in [1.807, 2.05) is 38.1 Å². The SMILES string of the molecule is COC(=O)C(C)(C)Sc1cccc(Br)c1. The molecule has 0 saturated heterocycles. The minimum atomic E-state index is -0.560. The van der Waals surface area contributed by atoms with Crippen molar-refractivity contribution in [2.45, 2.75) is 23.5 Å². The van der Waals surface area contributed by atoms with Crippen LogP contribution in [0, 0.1) is 0 Å². The van der Waals surface area contributed by atoms with Gasteiger partial charge in [0, 0.05) is 9.37 Å². The Labute approximate surface area is 103 Å². The highest BCUT2D eigenvalue weighted by Gasteiger charge is 2.29. The Morgan fingerprint density at radius 1 is 1.47 bits per heavy atom. The van der Waals surface area contributed by atoms with E-state index in [0.29, 0.717) is 0 Å². The highest BCUT2D eigenvalue weighted by molar-refractivity contribution is 9.10. The Morgan fingerprint density at radius 3 is 2.67 bits per heavy atom. The zero-order valence-electron chi connectivity index (χ0n) is 8.91. The van der Waals surface area contributed by atoms with E-state index >= 15 is 0 Å². The molecule has 0 aliphatic heterocycles. The summed E-state index contributed by atoms with van der Waals surface area (Å²) in [6, 6.07) is 7.85. The van der Waals surface area contributed by atoms with Gasteiger partial charge < -0.3 is 4.74 Å². The van der Waals surface area contributed by atoms with Crippen LogP contribution in [0.15, 0.2) is 33.6 Å². The van der Waals surface area contributed by atoms with Crippen LogP contribution in [0.5, 0.6) is 0 Å². The predicted octanol–water partition coefficient (Wildman–Crippen LogP) is 3.49. The summed E-state index contributed by atoms with van der Waals surface area (Å²) in [5, 5.41) is 0. The molecule has 1 aromatic carbocycles. The number of esters is 1. The van der Waals surface area contributed by atoms with Gasteiger partial charge in [-0.05, 0) is 32.0 Å². The maximum Gasteiger partial charge on any atom is 0.321 e. The number of ether oxygens (including phenoxy) is 1. The standard InChI is InChI=1S/C11H13BrO2S/c1-11(2,10(13)14-3)15-9-6-4-5-8(12)7-9/h4-7H,1-3H3. The first-order valence-electron chi connectivity index (χ1n) is 4.49. The summed E-state index contributed by atoms with van der Waals surface area (Å²) < 4.78 is 5.19. The summed E-state index contributed by atoms with van der Waals surface area (Å²) in [4.78, 5) is 12.5. The summed E-state index contributed by atoms with van der Waals surface area (Å²) in [7, 11) is 1.41. The lowest BCUT2D eigenvalue weighted by Gasteiger charge is -2.20. The molecular weight excluding hydrogens is 276 g/mol. The number of benzene rings is 1. The molecule has 15 heavy (non-hydrogen) atoms. The third kappa shape index (κ3) is 3.54. The molecule has 0 saturated carbocycles.